The number of aromatic amines is 1. The first kappa shape index (κ1) is 21.2. The molecular formula is C25H26FN5O2. The lowest BCUT2D eigenvalue weighted by atomic mass is 9.90. The number of benzene rings is 2. The van der Waals surface area contributed by atoms with Crippen LogP contribution in [0.5, 0.6) is 5.88 Å². The SMILES string of the molecule is CC(=O)N1CCCC(c2nn(-c3nc4ccccc4[nH]3)c(O)c2CCc2ccc(F)cc2)C1. The second-order valence-corrected chi connectivity index (χ2v) is 8.61. The smallest absolute Gasteiger partial charge is 0.232 e. The number of aryl methyl sites for hydroxylation is 1. The van der Waals surface area contributed by atoms with E-state index < -0.39 is 0 Å². The van der Waals surface area contributed by atoms with Crippen molar-refractivity contribution in [1.29, 1.82) is 0 Å². The zero-order valence-corrected chi connectivity index (χ0v) is 18.5. The van der Waals surface area contributed by atoms with Crippen molar-refractivity contribution in [3.63, 3.8) is 0 Å². The monoisotopic (exact) mass is 447 g/mol. The van der Waals surface area contributed by atoms with Crippen LogP contribution in [0.3, 0.4) is 0 Å². The predicted octanol–water partition coefficient (Wildman–Crippen LogP) is 4.10. The van der Waals surface area contributed by atoms with Crippen molar-refractivity contribution >= 4 is 16.9 Å². The molecule has 7 nitrogen and oxygen atoms in total. The van der Waals surface area contributed by atoms with E-state index in [0.29, 0.717) is 25.3 Å². The number of fused-ring (bicyclic) bond motifs is 1. The summed E-state index contributed by atoms with van der Waals surface area (Å²) in [5, 5.41) is 16.0. The lowest BCUT2D eigenvalue weighted by molar-refractivity contribution is -0.130. The molecule has 1 saturated heterocycles. The molecule has 1 atom stereocenters. The number of rotatable bonds is 5. The first-order valence-electron chi connectivity index (χ1n) is 11.3. The lowest BCUT2D eigenvalue weighted by Crippen LogP contribution is -2.38. The van der Waals surface area contributed by atoms with E-state index in [2.05, 4.69) is 9.97 Å². The van der Waals surface area contributed by atoms with Crippen LogP contribution in [0.15, 0.2) is 48.5 Å². The van der Waals surface area contributed by atoms with Gasteiger partial charge in [-0.1, -0.05) is 24.3 Å². The number of amides is 1. The molecule has 0 saturated carbocycles. The van der Waals surface area contributed by atoms with Crippen molar-refractivity contribution in [2.45, 2.75) is 38.5 Å². The van der Waals surface area contributed by atoms with Crippen molar-refractivity contribution in [2.24, 2.45) is 0 Å². The quantitative estimate of drug-likeness (QED) is 0.482. The van der Waals surface area contributed by atoms with E-state index in [1.165, 1.54) is 16.8 Å². The summed E-state index contributed by atoms with van der Waals surface area (Å²) in [5.41, 5.74) is 4.16. The van der Waals surface area contributed by atoms with Gasteiger partial charge >= 0.3 is 0 Å². The van der Waals surface area contributed by atoms with Crippen LogP contribution in [-0.2, 0) is 17.6 Å². The number of nitrogens with one attached hydrogen (secondary N) is 1. The molecular weight excluding hydrogens is 421 g/mol. The third kappa shape index (κ3) is 4.20. The van der Waals surface area contributed by atoms with Gasteiger partial charge in [0.1, 0.15) is 5.82 Å². The Balaban J connectivity index is 1.52. The fourth-order valence-electron chi connectivity index (χ4n) is 4.62. The van der Waals surface area contributed by atoms with Crippen LogP contribution in [0.2, 0.25) is 0 Å². The highest BCUT2D eigenvalue weighted by Crippen LogP contribution is 2.35. The average molecular weight is 448 g/mol. The summed E-state index contributed by atoms with van der Waals surface area (Å²) >= 11 is 0. The van der Waals surface area contributed by atoms with Crippen molar-refractivity contribution < 1.29 is 14.3 Å². The molecule has 1 aliphatic rings. The Morgan fingerprint density at radius 2 is 1.97 bits per heavy atom. The summed E-state index contributed by atoms with van der Waals surface area (Å²) in [4.78, 5) is 21.7. The van der Waals surface area contributed by atoms with Gasteiger partial charge in [0.15, 0.2) is 0 Å². The highest BCUT2D eigenvalue weighted by molar-refractivity contribution is 5.76. The minimum atomic E-state index is -0.272. The number of carbonyl (C=O) groups excluding carboxylic acids is 1. The molecule has 2 N–H and O–H groups in total. The van der Waals surface area contributed by atoms with Crippen LogP contribution in [-0.4, -0.2) is 48.8 Å². The first-order chi connectivity index (χ1) is 16.0. The fraction of sp³-hybridized carbons (Fsp3) is 0.320. The molecule has 2 aromatic carbocycles. The molecule has 170 valence electrons. The number of piperidine rings is 1. The number of para-hydroxylation sites is 2. The Morgan fingerprint density at radius 3 is 2.73 bits per heavy atom. The molecule has 8 heteroatoms. The minimum Gasteiger partial charge on any atom is -0.493 e. The molecule has 0 spiro atoms. The van der Waals surface area contributed by atoms with Gasteiger partial charge in [-0.25, -0.2) is 9.37 Å². The molecule has 5 rings (SSSR count). The number of aromatic nitrogens is 4. The average Bonchev–Trinajstić information content (AvgIpc) is 3.39. The highest BCUT2D eigenvalue weighted by Gasteiger charge is 2.30. The summed E-state index contributed by atoms with van der Waals surface area (Å²) in [5.74, 6) is 0.302. The Bertz CT molecular complexity index is 1260. The van der Waals surface area contributed by atoms with Gasteiger partial charge in [-0.15, -0.1) is 0 Å². The standard InChI is InChI=1S/C25H26FN5O2/c1-16(32)30-14-4-5-18(15-30)23-20(13-10-17-8-11-19(26)12-9-17)24(33)31(29-23)25-27-21-6-2-3-7-22(21)28-25/h2-3,6-9,11-12,18,33H,4-5,10,13-15H2,1H3,(H,27,28). The van der Waals surface area contributed by atoms with Crippen LogP contribution in [0, 0.1) is 5.82 Å². The van der Waals surface area contributed by atoms with E-state index >= 15 is 0 Å². The number of nitrogens with zero attached hydrogens (tertiary/aromatic N) is 4. The molecule has 0 radical (unpaired) electrons. The van der Waals surface area contributed by atoms with Gasteiger partial charge in [-0.2, -0.15) is 9.78 Å². The Hall–Kier alpha value is -3.68. The summed E-state index contributed by atoms with van der Waals surface area (Å²) in [6.07, 6.45) is 2.96. The first-order valence-corrected chi connectivity index (χ1v) is 11.3. The summed E-state index contributed by atoms with van der Waals surface area (Å²) in [6.45, 7) is 2.91. The Morgan fingerprint density at radius 1 is 1.18 bits per heavy atom. The van der Waals surface area contributed by atoms with Gasteiger partial charge in [0.05, 0.1) is 16.7 Å². The zero-order valence-electron chi connectivity index (χ0n) is 18.5. The van der Waals surface area contributed by atoms with Crippen LogP contribution >= 0.6 is 0 Å². The number of halogens is 1. The second-order valence-electron chi connectivity index (χ2n) is 8.61. The number of H-pyrrole nitrogens is 1. The predicted molar refractivity (Wildman–Crippen MR) is 123 cm³/mol. The van der Waals surface area contributed by atoms with E-state index in [-0.39, 0.29) is 23.5 Å². The molecule has 1 aliphatic heterocycles. The third-order valence-electron chi connectivity index (χ3n) is 6.40. The van der Waals surface area contributed by atoms with E-state index in [1.807, 2.05) is 29.2 Å². The topological polar surface area (TPSA) is 87.0 Å². The Labute approximate surface area is 190 Å². The van der Waals surface area contributed by atoms with E-state index in [4.69, 9.17) is 5.10 Å². The van der Waals surface area contributed by atoms with Gasteiger partial charge in [0.25, 0.3) is 0 Å². The molecule has 1 fully saturated rings. The molecule has 33 heavy (non-hydrogen) atoms. The second kappa shape index (κ2) is 8.69. The number of hydrogen-bond acceptors (Lipinski definition) is 4. The number of likely N-dealkylation sites (tertiary alicyclic amines) is 1. The summed E-state index contributed by atoms with van der Waals surface area (Å²) < 4.78 is 14.8. The highest BCUT2D eigenvalue weighted by atomic mass is 19.1. The third-order valence-corrected chi connectivity index (χ3v) is 6.40. The number of imidazole rings is 1. The van der Waals surface area contributed by atoms with Gasteiger partial charge in [-0.3, -0.25) is 4.79 Å². The van der Waals surface area contributed by atoms with Crippen molar-refractivity contribution in [3.05, 3.63) is 71.2 Å². The maximum absolute atomic E-state index is 13.3. The minimum absolute atomic E-state index is 0.0300. The van der Waals surface area contributed by atoms with Crippen LogP contribution in [0.4, 0.5) is 4.39 Å². The van der Waals surface area contributed by atoms with Gasteiger partial charge in [0, 0.05) is 31.5 Å². The summed E-state index contributed by atoms with van der Waals surface area (Å²) in [6, 6.07) is 14.1. The van der Waals surface area contributed by atoms with Gasteiger partial charge in [-0.05, 0) is 55.5 Å². The number of aromatic hydroxyl groups is 1. The number of carbonyl (C=O) groups is 1. The molecule has 0 aliphatic carbocycles. The van der Waals surface area contributed by atoms with Crippen LogP contribution < -0.4 is 0 Å². The van der Waals surface area contributed by atoms with E-state index in [9.17, 15) is 14.3 Å². The van der Waals surface area contributed by atoms with Crippen LogP contribution in [0.25, 0.3) is 17.0 Å². The van der Waals surface area contributed by atoms with Gasteiger partial charge in [0.2, 0.25) is 17.7 Å². The fourth-order valence-corrected chi connectivity index (χ4v) is 4.62. The Kier molecular flexibility index (Phi) is 5.58. The molecule has 2 aromatic heterocycles. The molecule has 1 unspecified atom stereocenters. The maximum Gasteiger partial charge on any atom is 0.232 e. The molecule has 4 aromatic rings. The van der Waals surface area contributed by atoms with Crippen molar-refractivity contribution in [2.75, 3.05) is 13.1 Å². The number of hydrogen-bond donors (Lipinski definition) is 2. The molecule has 1 amide bonds. The van der Waals surface area contributed by atoms with E-state index in [1.54, 1.807) is 19.1 Å². The largest absolute Gasteiger partial charge is 0.493 e. The maximum atomic E-state index is 13.3. The zero-order chi connectivity index (χ0) is 22.9. The summed E-state index contributed by atoms with van der Waals surface area (Å²) in [7, 11) is 0. The molecule has 0 bridgehead atoms. The van der Waals surface area contributed by atoms with E-state index in [0.717, 1.165) is 47.2 Å². The van der Waals surface area contributed by atoms with Crippen molar-refractivity contribution in [3.8, 4) is 11.8 Å². The lowest BCUT2D eigenvalue weighted by Gasteiger charge is -2.31. The normalized spacial score (nSPS) is 16.4. The van der Waals surface area contributed by atoms with Crippen LogP contribution in [0.1, 0.15) is 42.5 Å². The van der Waals surface area contributed by atoms with Gasteiger partial charge < -0.3 is 15.0 Å². The molecule has 3 heterocycles. The van der Waals surface area contributed by atoms with Crippen molar-refractivity contribution in [1.82, 2.24) is 24.6 Å².